The van der Waals surface area contributed by atoms with Crippen LogP contribution in [0.25, 0.3) is 10.8 Å². The van der Waals surface area contributed by atoms with Gasteiger partial charge in [-0.05, 0) is 34.7 Å². The Morgan fingerprint density at radius 2 is 2.05 bits per heavy atom. The van der Waals surface area contributed by atoms with Gasteiger partial charge >= 0.3 is 0 Å². The van der Waals surface area contributed by atoms with Crippen molar-refractivity contribution in [2.45, 2.75) is 5.41 Å². The maximum absolute atomic E-state index is 5.41. The predicted molar refractivity (Wildman–Crippen MR) is 77.4 cm³/mol. The van der Waals surface area contributed by atoms with Gasteiger partial charge in [0.1, 0.15) is 0 Å². The fourth-order valence-electron chi connectivity index (χ4n) is 4.08. The van der Waals surface area contributed by atoms with Crippen LogP contribution in [-0.2, 0) is 10.2 Å². The van der Waals surface area contributed by atoms with Crippen molar-refractivity contribution in [1.82, 2.24) is 5.32 Å². The first kappa shape index (κ1) is 11.4. The third-order valence-electron chi connectivity index (χ3n) is 5.11. The largest absolute Gasteiger partial charge is 0.384 e. The zero-order valence-corrected chi connectivity index (χ0v) is 11.2. The number of nitrogens with one attached hydrogen (secondary N) is 1. The number of ether oxygens (including phenoxy) is 1. The van der Waals surface area contributed by atoms with Crippen LogP contribution in [0.15, 0.2) is 42.5 Å². The topological polar surface area (TPSA) is 21.3 Å². The Bertz CT molecular complexity index is 623. The Labute approximate surface area is 113 Å². The van der Waals surface area contributed by atoms with E-state index in [2.05, 4.69) is 47.8 Å². The maximum atomic E-state index is 5.41. The van der Waals surface area contributed by atoms with Crippen LogP contribution >= 0.6 is 0 Å². The fraction of sp³-hybridized carbons (Fsp3) is 0.412. The number of methoxy groups -OCH3 is 1. The van der Waals surface area contributed by atoms with Crippen molar-refractivity contribution < 1.29 is 4.74 Å². The quantitative estimate of drug-likeness (QED) is 0.907. The predicted octanol–water partition coefficient (Wildman–Crippen LogP) is 2.57. The Balaban J connectivity index is 1.77. The van der Waals surface area contributed by atoms with Gasteiger partial charge in [0.05, 0.1) is 6.61 Å². The highest BCUT2D eigenvalue weighted by molar-refractivity contribution is 5.83. The fourth-order valence-corrected chi connectivity index (χ4v) is 4.08. The van der Waals surface area contributed by atoms with Crippen LogP contribution in [0, 0.1) is 11.8 Å². The van der Waals surface area contributed by atoms with E-state index < -0.39 is 0 Å². The summed E-state index contributed by atoms with van der Waals surface area (Å²) >= 11 is 0. The molecular formula is C17H19NO. The van der Waals surface area contributed by atoms with Gasteiger partial charge in [0.15, 0.2) is 0 Å². The van der Waals surface area contributed by atoms with Gasteiger partial charge in [-0.15, -0.1) is 0 Å². The maximum Gasteiger partial charge on any atom is 0.0503 e. The highest BCUT2D eigenvalue weighted by Gasteiger charge is 2.67. The third-order valence-corrected chi connectivity index (χ3v) is 5.11. The number of hydrogen-bond donors (Lipinski definition) is 1. The number of piperidine rings is 1. The molecule has 2 fully saturated rings. The highest BCUT2D eigenvalue weighted by Crippen LogP contribution is 2.62. The van der Waals surface area contributed by atoms with Crippen molar-refractivity contribution in [1.29, 1.82) is 0 Å². The SMILES string of the molecule is COCC1C2CNCC21c1ccc2ccccc2c1. The average Bonchev–Trinajstić information content (AvgIpc) is 2.85. The zero-order chi connectivity index (χ0) is 12.9. The van der Waals surface area contributed by atoms with Crippen LogP contribution in [-0.4, -0.2) is 26.8 Å². The smallest absolute Gasteiger partial charge is 0.0503 e. The second-order valence-corrected chi connectivity index (χ2v) is 5.90. The van der Waals surface area contributed by atoms with E-state index >= 15 is 0 Å². The molecule has 0 aromatic heterocycles. The van der Waals surface area contributed by atoms with E-state index in [0.717, 1.165) is 25.6 Å². The monoisotopic (exact) mass is 253 g/mol. The molecule has 1 N–H and O–H groups in total. The summed E-state index contributed by atoms with van der Waals surface area (Å²) in [5.41, 5.74) is 1.82. The molecule has 3 unspecified atom stereocenters. The molecular weight excluding hydrogens is 234 g/mol. The van der Waals surface area contributed by atoms with Crippen molar-refractivity contribution in [3.8, 4) is 0 Å². The minimum atomic E-state index is 0.333. The lowest BCUT2D eigenvalue weighted by Crippen LogP contribution is -2.25. The summed E-state index contributed by atoms with van der Waals surface area (Å²) in [6, 6.07) is 15.6. The molecule has 98 valence electrons. The lowest BCUT2D eigenvalue weighted by atomic mass is 9.91. The van der Waals surface area contributed by atoms with E-state index in [1.54, 1.807) is 0 Å². The summed E-state index contributed by atoms with van der Waals surface area (Å²) in [7, 11) is 1.82. The summed E-state index contributed by atoms with van der Waals surface area (Å²) in [4.78, 5) is 0. The molecule has 2 heteroatoms. The summed E-state index contributed by atoms with van der Waals surface area (Å²) in [5, 5.41) is 6.22. The first-order valence-corrected chi connectivity index (χ1v) is 7.05. The van der Waals surface area contributed by atoms with Crippen molar-refractivity contribution in [2.24, 2.45) is 11.8 Å². The normalized spacial score (nSPS) is 32.5. The molecule has 19 heavy (non-hydrogen) atoms. The molecule has 0 spiro atoms. The molecule has 1 saturated carbocycles. The van der Waals surface area contributed by atoms with E-state index in [4.69, 9.17) is 4.74 Å². The van der Waals surface area contributed by atoms with Crippen LogP contribution < -0.4 is 5.32 Å². The minimum Gasteiger partial charge on any atom is -0.384 e. The Morgan fingerprint density at radius 1 is 1.21 bits per heavy atom. The van der Waals surface area contributed by atoms with Gasteiger partial charge in [0, 0.05) is 19.1 Å². The lowest BCUT2D eigenvalue weighted by molar-refractivity contribution is 0.172. The standard InChI is InChI=1S/C17H19NO/c1-19-10-16-15-9-18-11-17(15,16)14-7-6-12-4-2-3-5-13(12)8-14/h2-8,15-16,18H,9-11H2,1H3. The summed E-state index contributed by atoms with van der Waals surface area (Å²) in [5.74, 6) is 1.45. The van der Waals surface area contributed by atoms with Gasteiger partial charge in [-0.25, -0.2) is 0 Å². The van der Waals surface area contributed by atoms with E-state index in [1.807, 2.05) is 7.11 Å². The molecule has 4 rings (SSSR count). The van der Waals surface area contributed by atoms with E-state index in [9.17, 15) is 0 Å². The molecule has 1 aliphatic heterocycles. The van der Waals surface area contributed by atoms with Crippen LogP contribution in [0.2, 0.25) is 0 Å². The first-order chi connectivity index (χ1) is 9.36. The summed E-state index contributed by atoms with van der Waals surface area (Å²) < 4.78 is 5.41. The highest BCUT2D eigenvalue weighted by atomic mass is 16.5. The van der Waals surface area contributed by atoms with Crippen LogP contribution in [0.4, 0.5) is 0 Å². The van der Waals surface area contributed by atoms with Crippen LogP contribution in [0.1, 0.15) is 5.56 Å². The van der Waals surface area contributed by atoms with Gasteiger partial charge in [-0.3, -0.25) is 0 Å². The van der Waals surface area contributed by atoms with Gasteiger partial charge in [-0.2, -0.15) is 0 Å². The number of hydrogen-bond acceptors (Lipinski definition) is 2. The van der Waals surface area contributed by atoms with Gasteiger partial charge < -0.3 is 10.1 Å². The van der Waals surface area contributed by atoms with Crippen molar-refractivity contribution in [3.63, 3.8) is 0 Å². The van der Waals surface area contributed by atoms with E-state index in [1.165, 1.54) is 16.3 Å². The molecule has 1 heterocycles. The Morgan fingerprint density at radius 3 is 2.89 bits per heavy atom. The minimum absolute atomic E-state index is 0.333. The molecule has 2 aromatic carbocycles. The first-order valence-electron chi connectivity index (χ1n) is 7.05. The molecule has 0 bridgehead atoms. The van der Waals surface area contributed by atoms with Crippen molar-refractivity contribution >= 4 is 10.8 Å². The molecule has 1 saturated heterocycles. The van der Waals surface area contributed by atoms with Crippen LogP contribution in [0.5, 0.6) is 0 Å². The Kier molecular flexibility index (Phi) is 2.44. The third kappa shape index (κ3) is 1.50. The van der Waals surface area contributed by atoms with Gasteiger partial charge in [0.25, 0.3) is 0 Å². The average molecular weight is 253 g/mol. The van der Waals surface area contributed by atoms with Crippen molar-refractivity contribution in [3.05, 3.63) is 48.0 Å². The molecule has 2 aromatic rings. The second kappa shape index (κ2) is 4.06. The van der Waals surface area contributed by atoms with E-state index in [0.29, 0.717) is 11.3 Å². The summed E-state index contributed by atoms with van der Waals surface area (Å²) in [6.07, 6.45) is 0. The number of rotatable bonds is 3. The second-order valence-electron chi connectivity index (χ2n) is 5.90. The molecule has 0 amide bonds. The molecule has 2 aliphatic rings. The zero-order valence-electron chi connectivity index (χ0n) is 11.2. The Hall–Kier alpha value is -1.38. The molecule has 0 radical (unpaired) electrons. The van der Waals surface area contributed by atoms with Crippen molar-refractivity contribution in [2.75, 3.05) is 26.8 Å². The number of fused-ring (bicyclic) bond motifs is 2. The van der Waals surface area contributed by atoms with Gasteiger partial charge in [-0.1, -0.05) is 42.5 Å². The van der Waals surface area contributed by atoms with E-state index in [-0.39, 0.29) is 0 Å². The van der Waals surface area contributed by atoms with Gasteiger partial charge in [0.2, 0.25) is 0 Å². The number of benzene rings is 2. The summed E-state index contributed by atoms with van der Waals surface area (Å²) in [6.45, 7) is 3.13. The lowest BCUT2D eigenvalue weighted by Gasteiger charge is -2.16. The molecule has 1 aliphatic carbocycles. The molecule has 3 atom stereocenters. The van der Waals surface area contributed by atoms with Crippen LogP contribution in [0.3, 0.4) is 0 Å². The molecule has 2 nitrogen and oxygen atoms in total.